The highest BCUT2D eigenvalue weighted by atomic mass is 16.5. The van der Waals surface area contributed by atoms with Crippen molar-refractivity contribution in [3.63, 3.8) is 0 Å². The number of ether oxygens (including phenoxy) is 2. The number of carbonyl (C=O) groups is 2. The number of amides is 1. The normalized spacial score (nSPS) is 10.7. The van der Waals surface area contributed by atoms with E-state index in [0.717, 1.165) is 28.6 Å². The standard InChI is InChI=1S/C22H25N3O4/c1-15-11-16(2)25(24-15)10-6-9-23-21(26)14-29-22(27)19-12-17-7-4-5-8-18(17)13-20(19)28-3/h4-5,7-8,11-13H,6,9-10,14H2,1-3H3,(H,23,26). The second-order valence-corrected chi connectivity index (χ2v) is 6.83. The molecule has 0 fully saturated rings. The van der Waals surface area contributed by atoms with Gasteiger partial charge in [0.1, 0.15) is 11.3 Å². The Morgan fingerprint density at radius 1 is 1.10 bits per heavy atom. The van der Waals surface area contributed by atoms with Crippen molar-refractivity contribution in [2.45, 2.75) is 26.8 Å². The summed E-state index contributed by atoms with van der Waals surface area (Å²) < 4.78 is 12.4. The number of aromatic nitrogens is 2. The van der Waals surface area contributed by atoms with E-state index in [4.69, 9.17) is 9.47 Å². The number of nitrogens with zero attached hydrogens (tertiary/aromatic N) is 2. The number of nitrogens with one attached hydrogen (secondary N) is 1. The Kier molecular flexibility index (Phi) is 6.49. The fourth-order valence-electron chi connectivity index (χ4n) is 3.17. The van der Waals surface area contributed by atoms with Crippen LogP contribution in [0.15, 0.2) is 42.5 Å². The van der Waals surface area contributed by atoms with Crippen molar-refractivity contribution in [3.05, 3.63) is 59.4 Å². The Morgan fingerprint density at radius 3 is 2.48 bits per heavy atom. The molecule has 0 spiro atoms. The Balaban J connectivity index is 1.49. The van der Waals surface area contributed by atoms with Gasteiger partial charge in [0.15, 0.2) is 6.61 Å². The lowest BCUT2D eigenvalue weighted by Crippen LogP contribution is -2.30. The van der Waals surface area contributed by atoms with Crippen LogP contribution in [0.3, 0.4) is 0 Å². The molecule has 0 saturated heterocycles. The zero-order chi connectivity index (χ0) is 20.8. The number of fused-ring (bicyclic) bond motifs is 1. The van der Waals surface area contributed by atoms with Gasteiger partial charge in [-0.05, 0) is 49.2 Å². The summed E-state index contributed by atoms with van der Waals surface area (Å²) in [6.07, 6.45) is 0.736. The van der Waals surface area contributed by atoms with E-state index in [0.29, 0.717) is 24.4 Å². The lowest BCUT2D eigenvalue weighted by Gasteiger charge is -2.11. The number of rotatable bonds is 8. The smallest absolute Gasteiger partial charge is 0.342 e. The quantitative estimate of drug-likeness (QED) is 0.468. The fourth-order valence-corrected chi connectivity index (χ4v) is 3.17. The van der Waals surface area contributed by atoms with Crippen molar-refractivity contribution in [3.8, 4) is 5.75 Å². The van der Waals surface area contributed by atoms with E-state index in [2.05, 4.69) is 10.4 Å². The van der Waals surface area contributed by atoms with Crippen LogP contribution >= 0.6 is 0 Å². The van der Waals surface area contributed by atoms with Crippen LogP contribution in [-0.4, -0.2) is 41.9 Å². The fraction of sp³-hybridized carbons (Fsp3) is 0.318. The first kappa shape index (κ1) is 20.4. The van der Waals surface area contributed by atoms with Crippen molar-refractivity contribution in [1.82, 2.24) is 15.1 Å². The van der Waals surface area contributed by atoms with Gasteiger partial charge in [0.25, 0.3) is 5.91 Å². The molecule has 1 amide bonds. The molecule has 0 unspecified atom stereocenters. The van der Waals surface area contributed by atoms with Gasteiger partial charge in [-0.2, -0.15) is 5.10 Å². The summed E-state index contributed by atoms with van der Waals surface area (Å²) in [7, 11) is 1.50. The Labute approximate surface area is 169 Å². The van der Waals surface area contributed by atoms with Crippen LogP contribution in [0.4, 0.5) is 0 Å². The summed E-state index contributed by atoms with van der Waals surface area (Å²) in [4.78, 5) is 24.4. The molecule has 7 heteroatoms. The van der Waals surface area contributed by atoms with E-state index in [9.17, 15) is 9.59 Å². The zero-order valence-corrected chi connectivity index (χ0v) is 16.9. The predicted molar refractivity (Wildman–Crippen MR) is 110 cm³/mol. The number of carbonyl (C=O) groups excluding carboxylic acids is 2. The van der Waals surface area contributed by atoms with Crippen molar-refractivity contribution in [2.75, 3.05) is 20.3 Å². The van der Waals surface area contributed by atoms with Gasteiger partial charge in [0.2, 0.25) is 0 Å². The first-order valence-electron chi connectivity index (χ1n) is 9.49. The van der Waals surface area contributed by atoms with Gasteiger partial charge in [-0.1, -0.05) is 24.3 Å². The van der Waals surface area contributed by atoms with Crippen LogP contribution in [0.5, 0.6) is 5.75 Å². The molecule has 0 saturated carbocycles. The van der Waals surface area contributed by atoms with Crippen LogP contribution in [0, 0.1) is 13.8 Å². The summed E-state index contributed by atoms with van der Waals surface area (Å²) in [6, 6.07) is 13.2. The third kappa shape index (κ3) is 5.13. The summed E-state index contributed by atoms with van der Waals surface area (Å²) >= 11 is 0. The van der Waals surface area contributed by atoms with Crippen LogP contribution in [0.2, 0.25) is 0 Å². The van der Waals surface area contributed by atoms with Crippen molar-refractivity contribution < 1.29 is 19.1 Å². The molecular formula is C22H25N3O4. The van der Waals surface area contributed by atoms with Crippen LogP contribution in [-0.2, 0) is 16.1 Å². The topological polar surface area (TPSA) is 82.5 Å². The minimum Gasteiger partial charge on any atom is -0.496 e. The Morgan fingerprint density at radius 2 is 1.83 bits per heavy atom. The van der Waals surface area contributed by atoms with Crippen molar-refractivity contribution >= 4 is 22.6 Å². The highest BCUT2D eigenvalue weighted by Gasteiger charge is 2.16. The molecule has 1 N–H and O–H groups in total. The molecule has 0 atom stereocenters. The van der Waals surface area contributed by atoms with E-state index in [1.54, 1.807) is 12.1 Å². The number of hydrogen-bond acceptors (Lipinski definition) is 5. The Bertz CT molecular complexity index is 1030. The lowest BCUT2D eigenvalue weighted by atomic mass is 10.1. The maximum absolute atomic E-state index is 12.4. The summed E-state index contributed by atoms with van der Waals surface area (Å²) in [5.41, 5.74) is 2.36. The Hall–Kier alpha value is -3.35. The van der Waals surface area contributed by atoms with Gasteiger partial charge < -0.3 is 14.8 Å². The molecule has 0 aliphatic heterocycles. The molecule has 3 rings (SSSR count). The lowest BCUT2D eigenvalue weighted by molar-refractivity contribution is -0.124. The zero-order valence-electron chi connectivity index (χ0n) is 16.9. The third-order valence-electron chi connectivity index (χ3n) is 4.59. The minimum atomic E-state index is -0.592. The second-order valence-electron chi connectivity index (χ2n) is 6.83. The maximum atomic E-state index is 12.4. The van der Waals surface area contributed by atoms with E-state index < -0.39 is 5.97 Å². The first-order chi connectivity index (χ1) is 14.0. The molecule has 1 heterocycles. The number of aryl methyl sites for hydroxylation is 3. The van der Waals surface area contributed by atoms with Gasteiger partial charge >= 0.3 is 5.97 Å². The molecule has 7 nitrogen and oxygen atoms in total. The molecule has 29 heavy (non-hydrogen) atoms. The van der Waals surface area contributed by atoms with Gasteiger partial charge in [0, 0.05) is 18.8 Å². The molecule has 0 aliphatic carbocycles. The highest BCUT2D eigenvalue weighted by molar-refractivity contribution is 5.99. The van der Waals surface area contributed by atoms with E-state index in [1.165, 1.54) is 7.11 Å². The molecule has 152 valence electrons. The van der Waals surface area contributed by atoms with Gasteiger partial charge in [-0.3, -0.25) is 9.48 Å². The van der Waals surface area contributed by atoms with Crippen LogP contribution < -0.4 is 10.1 Å². The summed E-state index contributed by atoms with van der Waals surface area (Å²) in [5, 5.41) is 8.99. The number of methoxy groups -OCH3 is 1. The van der Waals surface area contributed by atoms with Crippen LogP contribution in [0.1, 0.15) is 28.2 Å². The molecular weight excluding hydrogens is 370 g/mol. The molecule has 1 aromatic heterocycles. The number of esters is 1. The SMILES string of the molecule is COc1cc2ccccc2cc1C(=O)OCC(=O)NCCCn1nc(C)cc1C. The van der Waals surface area contributed by atoms with Crippen molar-refractivity contribution in [2.24, 2.45) is 0 Å². The van der Waals surface area contributed by atoms with E-state index in [-0.39, 0.29) is 12.5 Å². The van der Waals surface area contributed by atoms with E-state index >= 15 is 0 Å². The summed E-state index contributed by atoms with van der Waals surface area (Å²) in [6.45, 7) is 4.81. The minimum absolute atomic E-state index is 0.295. The monoisotopic (exact) mass is 395 g/mol. The second kappa shape index (κ2) is 9.23. The average molecular weight is 395 g/mol. The average Bonchev–Trinajstić information content (AvgIpc) is 3.05. The molecule has 0 aliphatic rings. The van der Waals surface area contributed by atoms with Crippen molar-refractivity contribution in [1.29, 1.82) is 0 Å². The summed E-state index contributed by atoms with van der Waals surface area (Å²) in [5.74, 6) is -0.518. The molecule has 3 aromatic rings. The van der Waals surface area contributed by atoms with Crippen LogP contribution in [0.25, 0.3) is 10.8 Å². The van der Waals surface area contributed by atoms with Gasteiger partial charge in [-0.15, -0.1) is 0 Å². The highest BCUT2D eigenvalue weighted by Crippen LogP contribution is 2.26. The molecule has 2 aromatic carbocycles. The van der Waals surface area contributed by atoms with E-state index in [1.807, 2.05) is 48.9 Å². The first-order valence-corrected chi connectivity index (χ1v) is 9.49. The largest absolute Gasteiger partial charge is 0.496 e. The number of benzene rings is 2. The predicted octanol–water partition coefficient (Wildman–Crippen LogP) is 3.03. The maximum Gasteiger partial charge on any atom is 0.342 e. The van der Waals surface area contributed by atoms with Gasteiger partial charge in [-0.25, -0.2) is 4.79 Å². The molecule has 0 bridgehead atoms. The third-order valence-corrected chi connectivity index (χ3v) is 4.59. The number of hydrogen-bond donors (Lipinski definition) is 1. The van der Waals surface area contributed by atoms with Gasteiger partial charge in [0.05, 0.1) is 12.8 Å². The molecule has 0 radical (unpaired) electrons.